The number of guanidine groups is 1. The van der Waals surface area contributed by atoms with Crippen LogP contribution in [-0.4, -0.2) is 51.3 Å². The maximum Gasteiger partial charge on any atom is 0.223 e. The van der Waals surface area contributed by atoms with E-state index in [1.807, 2.05) is 0 Å². The van der Waals surface area contributed by atoms with Crippen molar-refractivity contribution in [1.29, 1.82) is 0 Å². The Balaban J connectivity index is 1.40. The minimum Gasteiger partial charge on any atom is -0.488 e. The third-order valence-electron chi connectivity index (χ3n) is 5.50. The van der Waals surface area contributed by atoms with Crippen LogP contribution in [0.4, 0.5) is 0 Å². The molecule has 1 saturated carbocycles. The van der Waals surface area contributed by atoms with Gasteiger partial charge in [0.2, 0.25) is 5.91 Å². The number of nitrogens with one attached hydrogen (secondary N) is 3. The highest BCUT2D eigenvalue weighted by atomic mass is 16.5. The molecule has 1 heterocycles. The van der Waals surface area contributed by atoms with E-state index in [0.29, 0.717) is 19.7 Å². The number of aryl methyl sites for hydroxylation is 1. The van der Waals surface area contributed by atoms with Crippen molar-refractivity contribution in [3.05, 3.63) is 29.3 Å². The first-order chi connectivity index (χ1) is 14.2. The van der Waals surface area contributed by atoms with E-state index in [1.54, 1.807) is 7.05 Å². The highest BCUT2D eigenvalue weighted by molar-refractivity contribution is 5.80. The van der Waals surface area contributed by atoms with E-state index < -0.39 is 0 Å². The van der Waals surface area contributed by atoms with Gasteiger partial charge in [-0.2, -0.15) is 0 Å². The fraction of sp³-hybridized carbons (Fsp3) is 0.636. The van der Waals surface area contributed by atoms with Gasteiger partial charge in [-0.05, 0) is 37.8 Å². The van der Waals surface area contributed by atoms with E-state index in [1.165, 1.54) is 12.0 Å². The minimum absolute atomic E-state index is 0.128. The lowest BCUT2D eigenvalue weighted by Crippen LogP contribution is -2.39. The van der Waals surface area contributed by atoms with Gasteiger partial charge in [-0.3, -0.25) is 9.79 Å². The predicted molar refractivity (Wildman–Crippen MR) is 114 cm³/mol. The summed E-state index contributed by atoms with van der Waals surface area (Å²) in [7, 11) is 1.76. The Labute approximate surface area is 173 Å². The second-order valence-corrected chi connectivity index (χ2v) is 7.84. The summed E-state index contributed by atoms with van der Waals surface area (Å²) in [6, 6.07) is 6.27. The van der Waals surface area contributed by atoms with Crippen LogP contribution in [0.3, 0.4) is 0 Å². The summed E-state index contributed by atoms with van der Waals surface area (Å²) in [6.45, 7) is 5.56. The third-order valence-corrected chi connectivity index (χ3v) is 5.50. The number of aliphatic imine (C=N–C) groups is 1. The van der Waals surface area contributed by atoms with Crippen LogP contribution in [0.2, 0.25) is 0 Å². The van der Waals surface area contributed by atoms with Crippen LogP contribution in [0, 0.1) is 12.8 Å². The molecule has 1 aliphatic heterocycles. The number of nitrogens with zero attached hydrogens (tertiary/aromatic N) is 1. The lowest BCUT2D eigenvalue weighted by Gasteiger charge is -2.24. The molecule has 0 radical (unpaired) electrons. The van der Waals surface area contributed by atoms with Crippen molar-refractivity contribution in [3.8, 4) is 5.75 Å². The van der Waals surface area contributed by atoms with Crippen LogP contribution >= 0.6 is 0 Å². The molecule has 1 aromatic rings. The summed E-state index contributed by atoms with van der Waals surface area (Å²) in [5.41, 5.74) is 2.27. The first kappa shape index (κ1) is 21.4. The van der Waals surface area contributed by atoms with Gasteiger partial charge in [0.05, 0.1) is 13.2 Å². The molecule has 0 spiro atoms. The van der Waals surface area contributed by atoms with E-state index in [9.17, 15) is 4.79 Å². The summed E-state index contributed by atoms with van der Waals surface area (Å²) in [5.74, 6) is 2.10. The zero-order valence-corrected chi connectivity index (χ0v) is 17.6. The number of hydrogen-bond acceptors (Lipinski definition) is 4. The molecular weight excluding hydrogens is 368 g/mol. The molecular formula is C22H34N4O3. The summed E-state index contributed by atoms with van der Waals surface area (Å²) in [6.07, 6.45) is 5.19. The largest absolute Gasteiger partial charge is 0.488 e. The fourth-order valence-corrected chi connectivity index (χ4v) is 3.42. The van der Waals surface area contributed by atoms with Gasteiger partial charge < -0.3 is 25.4 Å². The minimum atomic E-state index is 0.128. The second-order valence-electron chi connectivity index (χ2n) is 7.84. The molecule has 1 amide bonds. The van der Waals surface area contributed by atoms with Gasteiger partial charge in [0.1, 0.15) is 11.9 Å². The molecule has 0 aromatic heterocycles. The highest BCUT2D eigenvalue weighted by Crippen LogP contribution is 2.26. The number of hydrogen-bond donors (Lipinski definition) is 3. The molecule has 2 fully saturated rings. The molecule has 0 bridgehead atoms. The fourth-order valence-electron chi connectivity index (χ4n) is 3.42. The van der Waals surface area contributed by atoms with E-state index in [2.05, 4.69) is 46.1 Å². The lowest BCUT2D eigenvalue weighted by molar-refractivity contribution is -0.127. The van der Waals surface area contributed by atoms with Crippen LogP contribution in [0.1, 0.15) is 43.2 Å². The molecule has 3 N–H and O–H groups in total. The van der Waals surface area contributed by atoms with Crippen LogP contribution in [0.25, 0.3) is 0 Å². The Morgan fingerprint density at radius 3 is 2.72 bits per heavy atom. The monoisotopic (exact) mass is 402 g/mol. The number of carbonyl (C=O) groups excluding carboxylic acids is 1. The average Bonchev–Trinajstić information content (AvgIpc) is 3.17. The van der Waals surface area contributed by atoms with Crippen LogP contribution in [0.5, 0.6) is 5.75 Å². The van der Waals surface area contributed by atoms with Gasteiger partial charge in [-0.25, -0.2) is 0 Å². The quantitative estimate of drug-likeness (QED) is 0.335. The van der Waals surface area contributed by atoms with Gasteiger partial charge in [0.25, 0.3) is 0 Å². The van der Waals surface area contributed by atoms with Crippen LogP contribution in [0.15, 0.2) is 23.2 Å². The highest BCUT2D eigenvalue weighted by Gasteiger charge is 2.24. The van der Waals surface area contributed by atoms with Crippen molar-refractivity contribution in [1.82, 2.24) is 16.0 Å². The molecule has 29 heavy (non-hydrogen) atoms. The van der Waals surface area contributed by atoms with Gasteiger partial charge >= 0.3 is 0 Å². The molecule has 2 aliphatic rings. The SMILES string of the molecule is CN=C(NCCCNC(=O)C1CCC1)NCc1ccc(C)cc1OC1CCOC1. The number of carbonyl (C=O) groups is 1. The lowest BCUT2D eigenvalue weighted by atomic mass is 9.85. The number of rotatable bonds is 9. The van der Waals surface area contributed by atoms with E-state index in [-0.39, 0.29) is 17.9 Å². The second kappa shape index (κ2) is 11.0. The Morgan fingerprint density at radius 1 is 1.21 bits per heavy atom. The smallest absolute Gasteiger partial charge is 0.223 e. The molecule has 1 saturated heterocycles. The van der Waals surface area contributed by atoms with Gasteiger partial charge in [-0.15, -0.1) is 0 Å². The first-order valence-electron chi connectivity index (χ1n) is 10.7. The molecule has 7 nitrogen and oxygen atoms in total. The van der Waals surface area contributed by atoms with Crippen molar-refractivity contribution in [2.45, 2.75) is 51.7 Å². The Morgan fingerprint density at radius 2 is 2.03 bits per heavy atom. The van der Waals surface area contributed by atoms with Crippen LogP contribution in [-0.2, 0) is 16.1 Å². The summed E-state index contributed by atoms with van der Waals surface area (Å²) < 4.78 is 11.6. The van der Waals surface area contributed by atoms with Crippen molar-refractivity contribution in [2.75, 3.05) is 33.4 Å². The van der Waals surface area contributed by atoms with E-state index >= 15 is 0 Å². The Kier molecular flexibility index (Phi) is 8.16. The maximum absolute atomic E-state index is 11.8. The van der Waals surface area contributed by atoms with E-state index in [0.717, 1.165) is 56.1 Å². The number of ether oxygens (including phenoxy) is 2. The number of amides is 1. The van der Waals surface area contributed by atoms with Crippen molar-refractivity contribution in [3.63, 3.8) is 0 Å². The number of benzene rings is 1. The Hall–Kier alpha value is -2.28. The topological polar surface area (TPSA) is 84.0 Å². The summed E-state index contributed by atoms with van der Waals surface area (Å²) in [4.78, 5) is 16.1. The van der Waals surface area contributed by atoms with Crippen LogP contribution < -0.4 is 20.7 Å². The standard InChI is InChI=1S/C22H34N4O3/c1-16-7-8-18(20(13-16)29-19-9-12-28-15-19)14-26-22(23-2)25-11-4-10-24-21(27)17-5-3-6-17/h7-8,13,17,19H,3-6,9-12,14-15H2,1-2H3,(H,24,27)(H2,23,25,26). The third kappa shape index (κ3) is 6.63. The van der Waals surface area contributed by atoms with Gasteiger partial charge in [0.15, 0.2) is 5.96 Å². The molecule has 1 aromatic carbocycles. The van der Waals surface area contributed by atoms with Gasteiger partial charge in [0, 0.05) is 44.6 Å². The predicted octanol–water partition coefficient (Wildman–Crippen LogP) is 2.13. The average molecular weight is 403 g/mol. The zero-order chi connectivity index (χ0) is 20.5. The molecule has 3 rings (SSSR count). The normalized spacial score (nSPS) is 19.5. The molecule has 1 unspecified atom stereocenters. The molecule has 1 atom stereocenters. The van der Waals surface area contributed by atoms with Gasteiger partial charge in [-0.1, -0.05) is 18.6 Å². The summed E-state index contributed by atoms with van der Waals surface area (Å²) in [5, 5.41) is 9.66. The summed E-state index contributed by atoms with van der Waals surface area (Å²) >= 11 is 0. The van der Waals surface area contributed by atoms with E-state index in [4.69, 9.17) is 9.47 Å². The molecule has 1 aliphatic carbocycles. The maximum atomic E-state index is 11.8. The zero-order valence-electron chi connectivity index (χ0n) is 17.6. The van der Waals surface area contributed by atoms with Crippen molar-refractivity contribution >= 4 is 11.9 Å². The molecule has 7 heteroatoms. The molecule has 160 valence electrons. The van der Waals surface area contributed by atoms with Crippen molar-refractivity contribution < 1.29 is 14.3 Å². The first-order valence-corrected chi connectivity index (χ1v) is 10.7. The Bertz CT molecular complexity index is 697. The van der Waals surface area contributed by atoms with Crippen molar-refractivity contribution in [2.24, 2.45) is 10.9 Å².